The number of benzene rings is 1. The first-order chi connectivity index (χ1) is 12.1. The number of rotatable bonds is 8. The van der Waals surface area contributed by atoms with Gasteiger partial charge in [-0.3, -0.25) is 14.5 Å². The van der Waals surface area contributed by atoms with Crippen LogP contribution in [-0.4, -0.2) is 47.9 Å². The monoisotopic (exact) mass is 347 g/mol. The van der Waals surface area contributed by atoms with Gasteiger partial charge in [-0.25, -0.2) is 4.79 Å². The normalized spacial score (nSPS) is 18.6. The Hall–Kier alpha value is -2.21. The number of nitrogens with zero attached hydrogens (tertiary/aromatic N) is 1. The van der Waals surface area contributed by atoms with Crippen LogP contribution in [0.25, 0.3) is 0 Å². The molecule has 0 aromatic heterocycles. The lowest BCUT2D eigenvalue weighted by Gasteiger charge is -2.29. The van der Waals surface area contributed by atoms with Crippen molar-refractivity contribution in [3.63, 3.8) is 0 Å². The zero-order valence-corrected chi connectivity index (χ0v) is 14.8. The van der Waals surface area contributed by atoms with Crippen LogP contribution >= 0.6 is 0 Å². The lowest BCUT2D eigenvalue weighted by atomic mass is 10.1. The van der Waals surface area contributed by atoms with Crippen molar-refractivity contribution >= 4 is 17.7 Å². The van der Waals surface area contributed by atoms with Gasteiger partial charge in [0.1, 0.15) is 12.6 Å². The summed E-state index contributed by atoms with van der Waals surface area (Å²) in [7, 11) is 0. The Morgan fingerprint density at radius 2 is 1.88 bits per heavy atom. The lowest BCUT2D eigenvalue weighted by molar-refractivity contribution is -0.158. The predicted octanol–water partition coefficient (Wildman–Crippen LogP) is 2.10. The molecular formula is C19H25NO5. The van der Waals surface area contributed by atoms with E-state index in [0.717, 1.165) is 12.0 Å². The van der Waals surface area contributed by atoms with E-state index in [1.165, 1.54) is 0 Å². The standard InChI is InChI=1S/C19H25NO5/c1-3-15(18(22)25-13-14-9-6-5-7-10-14)20-12-8-11-16(20)17(21)19(23)24-4-2/h5-7,9-10,15-16H,3-4,8,11-13H2,1-2H3. The van der Waals surface area contributed by atoms with Gasteiger partial charge in [0.2, 0.25) is 0 Å². The third kappa shape index (κ3) is 4.89. The van der Waals surface area contributed by atoms with E-state index < -0.39 is 23.8 Å². The van der Waals surface area contributed by atoms with Crippen molar-refractivity contribution in [2.75, 3.05) is 13.2 Å². The summed E-state index contributed by atoms with van der Waals surface area (Å²) in [5, 5.41) is 0. The van der Waals surface area contributed by atoms with Crippen molar-refractivity contribution in [2.45, 2.75) is 51.8 Å². The number of carbonyl (C=O) groups excluding carboxylic acids is 3. The van der Waals surface area contributed by atoms with Gasteiger partial charge in [0.05, 0.1) is 12.6 Å². The fraction of sp³-hybridized carbons (Fsp3) is 0.526. The fourth-order valence-electron chi connectivity index (χ4n) is 3.14. The zero-order chi connectivity index (χ0) is 18.2. The summed E-state index contributed by atoms with van der Waals surface area (Å²) in [4.78, 5) is 38.3. The molecule has 2 unspecified atom stereocenters. The first-order valence-corrected chi connectivity index (χ1v) is 8.75. The minimum atomic E-state index is -0.827. The second-order valence-electron chi connectivity index (χ2n) is 6.00. The molecule has 1 heterocycles. The number of ether oxygens (including phenoxy) is 2. The highest BCUT2D eigenvalue weighted by Gasteiger charge is 2.41. The highest BCUT2D eigenvalue weighted by atomic mass is 16.5. The summed E-state index contributed by atoms with van der Waals surface area (Å²) < 4.78 is 10.2. The van der Waals surface area contributed by atoms with Crippen LogP contribution in [0.3, 0.4) is 0 Å². The van der Waals surface area contributed by atoms with Crippen LogP contribution in [-0.2, 0) is 30.5 Å². The summed E-state index contributed by atoms with van der Waals surface area (Å²) in [5.41, 5.74) is 0.909. The largest absolute Gasteiger partial charge is 0.460 e. The highest BCUT2D eigenvalue weighted by molar-refractivity contribution is 6.35. The highest BCUT2D eigenvalue weighted by Crippen LogP contribution is 2.24. The lowest BCUT2D eigenvalue weighted by Crippen LogP contribution is -2.49. The first kappa shape index (κ1) is 19.1. The Balaban J connectivity index is 2.01. The Bertz CT molecular complexity index is 601. The Morgan fingerprint density at radius 1 is 1.16 bits per heavy atom. The van der Waals surface area contributed by atoms with Crippen LogP contribution in [0.2, 0.25) is 0 Å². The summed E-state index contributed by atoms with van der Waals surface area (Å²) in [6.07, 6.45) is 1.83. The smallest absolute Gasteiger partial charge is 0.376 e. The number of ketones is 1. The van der Waals surface area contributed by atoms with Gasteiger partial charge in [0.25, 0.3) is 5.78 Å². The van der Waals surface area contributed by atoms with Crippen LogP contribution < -0.4 is 0 Å². The van der Waals surface area contributed by atoms with Crippen LogP contribution in [0.4, 0.5) is 0 Å². The molecular weight excluding hydrogens is 322 g/mol. The van der Waals surface area contributed by atoms with E-state index in [1.807, 2.05) is 37.3 Å². The molecule has 1 aliphatic rings. The van der Waals surface area contributed by atoms with Gasteiger partial charge in [0.15, 0.2) is 0 Å². The minimum Gasteiger partial charge on any atom is -0.460 e. The maximum atomic E-state index is 12.5. The molecule has 0 saturated carbocycles. The Labute approximate surface area is 148 Å². The molecule has 0 amide bonds. The van der Waals surface area contributed by atoms with E-state index in [1.54, 1.807) is 11.8 Å². The van der Waals surface area contributed by atoms with E-state index >= 15 is 0 Å². The van der Waals surface area contributed by atoms with Gasteiger partial charge < -0.3 is 9.47 Å². The molecule has 0 N–H and O–H groups in total. The molecule has 1 aromatic carbocycles. The van der Waals surface area contributed by atoms with Crippen molar-refractivity contribution in [3.8, 4) is 0 Å². The van der Waals surface area contributed by atoms with Gasteiger partial charge in [0, 0.05) is 0 Å². The third-order valence-electron chi connectivity index (χ3n) is 4.36. The maximum absolute atomic E-state index is 12.5. The maximum Gasteiger partial charge on any atom is 0.376 e. The van der Waals surface area contributed by atoms with Crippen molar-refractivity contribution in [1.82, 2.24) is 4.90 Å². The fourth-order valence-corrected chi connectivity index (χ4v) is 3.14. The molecule has 6 nitrogen and oxygen atoms in total. The first-order valence-electron chi connectivity index (χ1n) is 8.75. The molecule has 1 aliphatic heterocycles. The van der Waals surface area contributed by atoms with Crippen LogP contribution in [0.15, 0.2) is 30.3 Å². The van der Waals surface area contributed by atoms with Gasteiger partial charge in [-0.2, -0.15) is 0 Å². The summed E-state index contributed by atoms with van der Waals surface area (Å²) in [5.74, 6) is -1.77. The third-order valence-corrected chi connectivity index (χ3v) is 4.36. The molecule has 0 bridgehead atoms. The van der Waals surface area contributed by atoms with Crippen LogP contribution in [0, 0.1) is 0 Å². The minimum absolute atomic E-state index is 0.160. The molecule has 1 aromatic rings. The van der Waals surface area contributed by atoms with Crippen LogP contribution in [0.5, 0.6) is 0 Å². The zero-order valence-electron chi connectivity index (χ0n) is 14.8. The van der Waals surface area contributed by atoms with Gasteiger partial charge >= 0.3 is 11.9 Å². The predicted molar refractivity (Wildman–Crippen MR) is 91.7 cm³/mol. The summed E-state index contributed by atoms with van der Waals surface area (Å²) in [6.45, 7) is 4.48. The topological polar surface area (TPSA) is 72.9 Å². The molecule has 2 atom stereocenters. The number of hydrogen-bond acceptors (Lipinski definition) is 6. The molecule has 2 rings (SSSR count). The van der Waals surface area contributed by atoms with E-state index in [4.69, 9.17) is 9.47 Å². The number of Topliss-reactive ketones (excluding diaryl/α,β-unsaturated/α-hetero) is 1. The molecule has 0 aliphatic carbocycles. The molecule has 0 spiro atoms. The quantitative estimate of drug-likeness (QED) is 0.530. The second-order valence-corrected chi connectivity index (χ2v) is 6.00. The van der Waals surface area contributed by atoms with Crippen LogP contribution in [0.1, 0.15) is 38.7 Å². The molecule has 0 radical (unpaired) electrons. The number of esters is 2. The number of hydrogen-bond donors (Lipinski definition) is 0. The summed E-state index contributed by atoms with van der Waals surface area (Å²) in [6, 6.07) is 8.30. The van der Waals surface area contributed by atoms with E-state index in [-0.39, 0.29) is 19.2 Å². The van der Waals surface area contributed by atoms with E-state index in [0.29, 0.717) is 19.4 Å². The number of carbonyl (C=O) groups is 3. The Kier molecular flexibility index (Phi) is 7.13. The molecule has 136 valence electrons. The average molecular weight is 347 g/mol. The van der Waals surface area contributed by atoms with Crippen molar-refractivity contribution in [3.05, 3.63) is 35.9 Å². The molecule has 1 fully saturated rings. The average Bonchev–Trinajstić information content (AvgIpc) is 3.10. The SMILES string of the molecule is CCOC(=O)C(=O)C1CCCN1C(CC)C(=O)OCc1ccccc1. The molecule has 25 heavy (non-hydrogen) atoms. The van der Waals surface area contributed by atoms with Crippen molar-refractivity contribution in [2.24, 2.45) is 0 Å². The van der Waals surface area contributed by atoms with Crippen molar-refractivity contribution in [1.29, 1.82) is 0 Å². The molecule has 6 heteroatoms. The van der Waals surface area contributed by atoms with Crippen molar-refractivity contribution < 1.29 is 23.9 Å². The summed E-state index contributed by atoms with van der Waals surface area (Å²) >= 11 is 0. The van der Waals surface area contributed by atoms with E-state index in [9.17, 15) is 14.4 Å². The van der Waals surface area contributed by atoms with E-state index in [2.05, 4.69) is 0 Å². The Morgan fingerprint density at radius 3 is 2.52 bits per heavy atom. The van der Waals surface area contributed by atoms with Gasteiger partial charge in [-0.15, -0.1) is 0 Å². The number of likely N-dealkylation sites (tertiary alicyclic amines) is 1. The van der Waals surface area contributed by atoms with Gasteiger partial charge in [-0.05, 0) is 38.3 Å². The molecule has 1 saturated heterocycles. The second kappa shape index (κ2) is 9.32. The van der Waals surface area contributed by atoms with Gasteiger partial charge in [-0.1, -0.05) is 37.3 Å².